The largest absolute Gasteiger partial charge is 0.391 e. The third-order valence-electron chi connectivity index (χ3n) is 1.49. The van der Waals surface area contributed by atoms with E-state index >= 15 is 0 Å². The lowest BCUT2D eigenvalue weighted by Crippen LogP contribution is -2.36. The zero-order valence-electron chi connectivity index (χ0n) is 8.38. The van der Waals surface area contributed by atoms with Crippen LogP contribution >= 0.6 is 12.6 Å². The molecule has 0 fully saturated rings. The standard InChI is InChI=1S/C9H20N2S/c1-11(2,3)8-4-6-10-7-5-9-12/h5,7,10H,4,6,8-9H2,1-3H3/p+1. The van der Waals surface area contributed by atoms with Gasteiger partial charge in [-0.1, -0.05) is 6.08 Å². The molecule has 0 aliphatic rings. The summed E-state index contributed by atoms with van der Waals surface area (Å²) < 4.78 is 1.04. The molecular weight excluding hydrogens is 168 g/mol. The predicted molar refractivity (Wildman–Crippen MR) is 58.5 cm³/mol. The Morgan fingerprint density at radius 3 is 2.50 bits per heavy atom. The van der Waals surface area contributed by atoms with Crippen LogP contribution in [0.5, 0.6) is 0 Å². The molecule has 0 aliphatic heterocycles. The highest BCUT2D eigenvalue weighted by Gasteiger charge is 2.04. The minimum atomic E-state index is 0.808. The van der Waals surface area contributed by atoms with Crippen molar-refractivity contribution in [2.24, 2.45) is 0 Å². The number of hydrogen-bond donors (Lipinski definition) is 2. The summed E-state index contributed by atoms with van der Waals surface area (Å²) in [6.07, 6.45) is 5.19. The third-order valence-corrected chi connectivity index (χ3v) is 1.70. The first-order chi connectivity index (χ1) is 5.56. The van der Waals surface area contributed by atoms with Gasteiger partial charge in [0.05, 0.1) is 27.7 Å². The predicted octanol–water partition coefficient (Wildman–Crippen LogP) is 1.12. The van der Waals surface area contributed by atoms with Crippen LogP contribution in [0.3, 0.4) is 0 Å². The highest BCUT2D eigenvalue weighted by molar-refractivity contribution is 7.80. The lowest BCUT2D eigenvalue weighted by atomic mass is 10.4. The molecule has 0 saturated heterocycles. The molecule has 0 unspecified atom stereocenters. The van der Waals surface area contributed by atoms with E-state index in [1.807, 2.05) is 12.3 Å². The maximum absolute atomic E-state index is 4.06. The van der Waals surface area contributed by atoms with Crippen molar-refractivity contribution in [3.63, 3.8) is 0 Å². The van der Waals surface area contributed by atoms with Gasteiger partial charge < -0.3 is 9.80 Å². The fourth-order valence-electron chi connectivity index (χ4n) is 0.875. The highest BCUT2D eigenvalue weighted by Crippen LogP contribution is 1.91. The molecule has 3 heteroatoms. The molecule has 0 bridgehead atoms. The molecule has 0 saturated carbocycles. The second-order valence-corrected chi connectivity index (χ2v) is 4.27. The van der Waals surface area contributed by atoms with Gasteiger partial charge in [0.2, 0.25) is 0 Å². The van der Waals surface area contributed by atoms with Gasteiger partial charge in [0, 0.05) is 18.7 Å². The van der Waals surface area contributed by atoms with E-state index in [9.17, 15) is 0 Å². The van der Waals surface area contributed by atoms with Crippen LogP contribution in [-0.2, 0) is 0 Å². The molecular formula is C9H21N2S+. The van der Waals surface area contributed by atoms with E-state index in [-0.39, 0.29) is 0 Å². The number of nitrogens with one attached hydrogen (secondary N) is 1. The van der Waals surface area contributed by atoms with Crippen LogP contribution in [0.15, 0.2) is 12.3 Å². The molecule has 0 atom stereocenters. The summed E-state index contributed by atoms with van der Waals surface area (Å²) in [6, 6.07) is 0. The molecule has 72 valence electrons. The normalized spacial score (nSPS) is 12.3. The molecule has 12 heavy (non-hydrogen) atoms. The van der Waals surface area contributed by atoms with Crippen molar-refractivity contribution in [2.45, 2.75) is 6.42 Å². The third kappa shape index (κ3) is 9.85. The number of quaternary nitrogens is 1. The molecule has 0 spiro atoms. The summed E-state index contributed by atoms with van der Waals surface area (Å²) in [6.45, 7) is 2.27. The van der Waals surface area contributed by atoms with Crippen molar-refractivity contribution in [3.05, 3.63) is 12.3 Å². The van der Waals surface area contributed by atoms with Gasteiger partial charge in [-0.05, 0) is 6.20 Å². The lowest BCUT2D eigenvalue weighted by molar-refractivity contribution is -0.870. The van der Waals surface area contributed by atoms with E-state index in [2.05, 4.69) is 39.1 Å². The van der Waals surface area contributed by atoms with Crippen LogP contribution in [0, 0.1) is 0 Å². The molecule has 0 aromatic rings. The molecule has 2 nitrogen and oxygen atoms in total. The molecule has 0 radical (unpaired) electrons. The summed E-state index contributed by atoms with van der Waals surface area (Å²) in [5.41, 5.74) is 0. The summed E-state index contributed by atoms with van der Waals surface area (Å²) in [5.74, 6) is 0.808. The number of hydrogen-bond acceptors (Lipinski definition) is 2. The van der Waals surface area contributed by atoms with Crippen LogP contribution in [-0.4, -0.2) is 44.5 Å². The van der Waals surface area contributed by atoms with Crippen molar-refractivity contribution in [1.82, 2.24) is 5.32 Å². The van der Waals surface area contributed by atoms with E-state index < -0.39 is 0 Å². The van der Waals surface area contributed by atoms with Gasteiger partial charge in [-0.15, -0.1) is 0 Å². The lowest BCUT2D eigenvalue weighted by Gasteiger charge is -2.23. The summed E-state index contributed by atoms with van der Waals surface area (Å²) in [5, 5.41) is 3.22. The smallest absolute Gasteiger partial charge is 0.0797 e. The molecule has 0 aliphatic carbocycles. The first-order valence-electron chi connectivity index (χ1n) is 4.36. The average Bonchev–Trinajstić information content (AvgIpc) is 1.94. The Kier molecular flexibility index (Phi) is 6.30. The van der Waals surface area contributed by atoms with Gasteiger partial charge in [0.15, 0.2) is 0 Å². The fourth-order valence-corrected chi connectivity index (χ4v) is 0.980. The first kappa shape index (κ1) is 11.8. The highest BCUT2D eigenvalue weighted by atomic mass is 32.1. The Morgan fingerprint density at radius 2 is 2.00 bits per heavy atom. The topological polar surface area (TPSA) is 12.0 Å². The molecule has 0 heterocycles. The van der Waals surface area contributed by atoms with Crippen molar-refractivity contribution < 1.29 is 4.48 Å². The van der Waals surface area contributed by atoms with Crippen molar-refractivity contribution in [3.8, 4) is 0 Å². The van der Waals surface area contributed by atoms with Crippen LogP contribution < -0.4 is 5.32 Å². The minimum Gasteiger partial charge on any atom is -0.391 e. The molecule has 0 aromatic heterocycles. The summed E-state index contributed by atoms with van der Waals surface area (Å²) >= 11 is 4.06. The second-order valence-electron chi connectivity index (χ2n) is 3.91. The molecule has 0 rings (SSSR count). The second kappa shape index (κ2) is 6.38. The summed E-state index contributed by atoms with van der Waals surface area (Å²) in [7, 11) is 6.64. The van der Waals surface area contributed by atoms with Gasteiger partial charge in [0.1, 0.15) is 0 Å². The Bertz CT molecular complexity index is 127. The number of rotatable bonds is 6. The van der Waals surface area contributed by atoms with Gasteiger partial charge >= 0.3 is 0 Å². The minimum absolute atomic E-state index is 0.808. The van der Waals surface area contributed by atoms with Crippen LogP contribution in [0.1, 0.15) is 6.42 Å². The monoisotopic (exact) mass is 189 g/mol. The van der Waals surface area contributed by atoms with E-state index in [1.165, 1.54) is 13.0 Å². The fraction of sp³-hybridized carbons (Fsp3) is 0.778. The van der Waals surface area contributed by atoms with Gasteiger partial charge in [-0.3, -0.25) is 0 Å². The molecule has 0 amide bonds. The van der Waals surface area contributed by atoms with Gasteiger partial charge in [-0.2, -0.15) is 12.6 Å². The van der Waals surface area contributed by atoms with E-state index in [0.29, 0.717) is 0 Å². The number of nitrogens with zero attached hydrogens (tertiary/aromatic N) is 1. The van der Waals surface area contributed by atoms with Crippen LogP contribution in [0.25, 0.3) is 0 Å². The van der Waals surface area contributed by atoms with E-state index in [4.69, 9.17) is 0 Å². The van der Waals surface area contributed by atoms with E-state index in [0.717, 1.165) is 16.8 Å². The van der Waals surface area contributed by atoms with Crippen molar-refractivity contribution in [2.75, 3.05) is 40.0 Å². The van der Waals surface area contributed by atoms with E-state index in [1.54, 1.807) is 0 Å². The van der Waals surface area contributed by atoms with Gasteiger partial charge in [-0.25, -0.2) is 0 Å². The Morgan fingerprint density at radius 1 is 1.33 bits per heavy atom. The zero-order chi connectivity index (χ0) is 9.45. The van der Waals surface area contributed by atoms with Crippen molar-refractivity contribution >= 4 is 12.6 Å². The average molecular weight is 189 g/mol. The molecule has 1 N–H and O–H groups in total. The Hall–Kier alpha value is -0.150. The Labute approximate surface area is 81.6 Å². The number of thiol groups is 1. The first-order valence-corrected chi connectivity index (χ1v) is 4.99. The zero-order valence-corrected chi connectivity index (χ0v) is 9.27. The Balaban J connectivity index is 3.17. The maximum Gasteiger partial charge on any atom is 0.0797 e. The summed E-state index contributed by atoms with van der Waals surface area (Å²) in [4.78, 5) is 0. The molecule has 0 aromatic carbocycles. The van der Waals surface area contributed by atoms with Crippen LogP contribution in [0.2, 0.25) is 0 Å². The SMILES string of the molecule is C[N+](C)(C)CCCNC=CCS. The van der Waals surface area contributed by atoms with Crippen molar-refractivity contribution in [1.29, 1.82) is 0 Å². The maximum atomic E-state index is 4.06. The van der Waals surface area contributed by atoms with Crippen LogP contribution in [0.4, 0.5) is 0 Å². The van der Waals surface area contributed by atoms with Gasteiger partial charge in [0.25, 0.3) is 0 Å². The quantitative estimate of drug-likeness (QED) is 0.362.